The van der Waals surface area contributed by atoms with Crippen LogP contribution in [0.5, 0.6) is 0 Å². The number of ether oxygens (including phenoxy) is 1. The molecule has 1 aliphatic carbocycles. The van der Waals surface area contributed by atoms with E-state index in [1.165, 1.54) is 25.7 Å². The molecule has 0 radical (unpaired) electrons. The van der Waals surface area contributed by atoms with Crippen molar-refractivity contribution >= 4 is 0 Å². The minimum atomic E-state index is -0.403. The maximum Gasteiger partial charge on any atom is 0.0649 e. The van der Waals surface area contributed by atoms with Gasteiger partial charge >= 0.3 is 0 Å². The molecule has 0 amide bonds. The van der Waals surface area contributed by atoms with Crippen molar-refractivity contribution in [1.82, 2.24) is 0 Å². The summed E-state index contributed by atoms with van der Waals surface area (Å²) in [6.07, 6.45) is 10.4. The monoisotopic (exact) mass is 240 g/mol. The largest absolute Gasteiger partial charge is 0.390 e. The predicted molar refractivity (Wildman–Crippen MR) is 70.0 cm³/mol. The summed E-state index contributed by atoms with van der Waals surface area (Å²) in [4.78, 5) is 0. The van der Waals surface area contributed by atoms with Gasteiger partial charge in [0.05, 0.1) is 11.7 Å². The predicted octanol–water partition coefficient (Wildman–Crippen LogP) is 3.67. The summed E-state index contributed by atoms with van der Waals surface area (Å²) in [5, 5.41) is 10.7. The standard InChI is InChI=1S/C15H28O2/c1-14(2)7-4-8-15(16,11-10-14)9-6-13-5-3-12-17-13/h13,16H,3-12H2,1-2H3. The molecule has 2 atom stereocenters. The van der Waals surface area contributed by atoms with Crippen molar-refractivity contribution in [2.24, 2.45) is 5.41 Å². The topological polar surface area (TPSA) is 29.5 Å². The zero-order chi connectivity index (χ0) is 12.4. The highest BCUT2D eigenvalue weighted by Crippen LogP contribution is 2.40. The van der Waals surface area contributed by atoms with E-state index in [1.807, 2.05) is 0 Å². The molecule has 1 heterocycles. The van der Waals surface area contributed by atoms with Crippen LogP contribution in [-0.4, -0.2) is 23.4 Å². The molecule has 0 aromatic rings. The molecule has 2 fully saturated rings. The van der Waals surface area contributed by atoms with Gasteiger partial charge in [0, 0.05) is 6.61 Å². The van der Waals surface area contributed by atoms with Gasteiger partial charge < -0.3 is 9.84 Å². The van der Waals surface area contributed by atoms with Crippen LogP contribution in [-0.2, 0) is 4.74 Å². The highest BCUT2D eigenvalue weighted by atomic mass is 16.5. The van der Waals surface area contributed by atoms with Gasteiger partial charge in [-0.2, -0.15) is 0 Å². The van der Waals surface area contributed by atoms with E-state index in [1.54, 1.807) is 0 Å². The Balaban J connectivity index is 1.81. The van der Waals surface area contributed by atoms with Crippen LogP contribution in [0.25, 0.3) is 0 Å². The molecule has 100 valence electrons. The molecule has 1 N–H and O–H groups in total. The molecule has 2 rings (SSSR count). The van der Waals surface area contributed by atoms with Crippen molar-refractivity contribution in [3.05, 3.63) is 0 Å². The van der Waals surface area contributed by atoms with Crippen molar-refractivity contribution < 1.29 is 9.84 Å². The molecule has 1 saturated carbocycles. The maximum absolute atomic E-state index is 10.7. The lowest BCUT2D eigenvalue weighted by Crippen LogP contribution is -2.29. The Kier molecular flexibility index (Phi) is 4.14. The normalized spacial score (nSPS) is 37.9. The molecule has 0 spiro atoms. The van der Waals surface area contributed by atoms with E-state index in [0.717, 1.165) is 38.7 Å². The van der Waals surface area contributed by atoms with E-state index < -0.39 is 5.60 Å². The van der Waals surface area contributed by atoms with Gasteiger partial charge in [-0.1, -0.05) is 20.3 Å². The summed E-state index contributed by atoms with van der Waals surface area (Å²) < 4.78 is 5.65. The van der Waals surface area contributed by atoms with Crippen molar-refractivity contribution in [2.75, 3.05) is 6.61 Å². The van der Waals surface area contributed by atoms with Gasteiger partial charge in [0.25, 0.3) is 0 Å². The smallest absolute Gasteiger partial charge is 0.0649 e. The van der Waals surface area contributed by atoms with E-state index in [4.69, 9.17) is 4.74 Å². The number of hydrogen-bond acceptors (Lipinski definition) is 2. The van der Waals surface area contributed by atoms with Crippen LogP contribution >= 0.6 is 0 Å². The molecule has 2 heteroatoms. The van der Waals surface area contributed by atoms with Gasteiger partial charge in [-0.05, 0) is 56.8 Å². The first-order valence-corrected chi connectivity index (χ1v) is 7.33. The van der Waals surface area contributed by atoms with Gasteiger partial charge in [0.2, 0.25) is 0 Å². The van der Waals surface area contributed by atoms with Crippen LogP contribution in [0.15, 0.2) is 0 Å². The average molecular weight is 240 g/mol. The average Bonchev–Trinajstić information content (AvgIpc) is 2.72. The van der Waals surface area contributed by atoms with Crippen molar-refractivity contribution in [3.63, 3.8) is 0 Å². The molecule has 0 aromatic carbocycles. The van der Waals surface area contributed by atoms with Crippen LogP contribution in [0.4, 0.5) is 0 Å². The molecule has 0 aromatic heterocycles. The van der Waals surface area contributed by atoms with Gasteiger partial charge in [0.1, 0.15) is 0 Å². The summed E-state index contributed by atoms with van der Waals surface area (Å²) in [5.74, 6) is 0. The fraction of sp³-hybridized carbons (Fsp3) is 1.00. The molecular formula is C15H28O2. The van der Waals surface area contributed by atoms with E-state index in [-0.39, 0.29) is 0 Å². The van der Waals surface area contributed by atoms with Gasteiger partial charge in [0.15, 0.2) is 0 Å². The first-order valence-electron chi connectivity index (χ1n) is 7.33. The Morgan fingerprint density at radius 3 is 2.65 bits per heavy atom. The Bertz CT molecular complexity index is 243. The molecule has 2 unspecified atom stereocenters. The lowest BCUT2D eigenvalue weighted by molar-refractivity contribution is -0.00353. The zero-order valence-electron chi connectivity index (χ0n) is 11.5. The summed E-state index contributed by atoms with van der Waals surface area (Å²) in [5.41, 5.74) is 0.0219. The number of hydrogen-bond donors (Lipinski definition) is 1. The lowest BCUT2D eigenvalue weighted by Gasteiger charge is -2.29. The second-order valence-electron chi connectivity index (χ2n) is 6.92. The van der Waals surface area contributed by atoms with Gasteiger partial charge in [-0.15, -0.1) is 0 Å². The van der Waals surface area contributed by atoms with Crippen LogP contribution in [0.2, 0.25) is 0 Å². The molecule has 2 nitrogen and oxygen atoms in total. The molecule has 1 aliphatic heterocycles. The van der Waals surface area contributed by atoms with Crippen molar-refractivity contribution in [3.8, 4) is 0 Å². The van der Waals surface area contributed by atoms with E-state index >= 15 is 0 Å². The maximum atomic E-state index is 10.7. The second kappa shape index (κ2) is 5.27. The molecular weight excluding hydrogens is 212 g/mol. The number of aliphatic hydroxyl groups is 1. The quantitative estimate of drug-likeness (QED) is 0.763. The van der Waals surface area contributed by atoms with Crippen LogP contribution in [0.3, 0.4) is 0 Å². The first kappa shape index (κ1) is 13.4. The summed E-state index contributed by atoms with van der Waals surface area (Å²) in [7, 11) is 0. The van der Waals surface area contributed by atoms with Gasteiger partial charge in [-0.25, -0.2) is 0 Å². The third-order valence-corrected chi connectivity index (χ3v) is 4.72. The van der Waals surface area contributed by atoms with E-state index in [9.17, 15) is 5.11 Å². The first-order chi connectivity index (χ1) is 7.99. The summed E-state index contributed by atoms with van der Waals surface area (Å²) in [6.45, 7) is 5.59. The Hall–Kier alpha value is -0.0800. The zero-order valence-corrected chi connectivity index (χ0v) is 11.5. The van der Waals surface area contributed by atoms with E-state index in [2.05, 4.69) is 13.8 Å². The summed E-state index contributed by atoms with van der Waals surface area (Å²) in [6, 6.07) is 0. The molecule has 17 heavy (non-hydrogen) atoms. The Morgan fingerprint density at radius 2 is 1.94 bits per heavy atom. The highest BCUT2D eigenvalue weighted by molar-refractivity contribution is 4.87. The van der Waals surface area contributed by atoms with E-state index in [0.29, 0.717) is 11.5 Å². The third-order valence-electron chi connectivity index (χ3n) is 4.72. The van der Waals surface area contributed by atoms with Crippen LogP contribution < -0.4 is 0 Å². The Labute approximate surface area is 106 Å². The van der Waals surface area contributed by atoms with Crippen molar-refractivity contribution in [2.45, 2.75) is 83.3 Å². The Morgan fingerprint density at radius 1 is 1.12 bits per heavy atom. The minimum absolute atomic E-state index is 0.403. The second-order valence-corrected chi connectivity index (χ2v) is 6.92. The third kappa shape index (κ3) is 3.96. The minimum Gasteiger partial charge on any atom is -0.390 e. The molecule has 2 aliphatic rings. The van der Waals surface area contributed by atoms with Crippen LogP contribution in [0, 0.1) is 5.41 Å². The van der Waals surface area contributed by atoms with Crippen LogP contribution in [0.1, 0.15) is 71.6 Å². The molecule has 1 saturated heterocycles. The van der Waals surface area contributed by atoms with Gasteiger partial charge in [-0.3, -0.25) is 0 Å². The molecule has 0 bridgehead atoms. The van der Waals surface area contributed by atoms with Crippen molar-refractivity contribution in [1.29, 1.82) is 0 Å². The lowest BCUT2D eigenvalue weighted by atomic mass is 9.83. The summed E-state index contributed by atoms with van der Waals surface area (Å²) >= 11 is 0. The highest BCUT2D eigenvalue weighted by Gasteiger charge is 2.34. The SMILES string of the molecule is CC1(C)CCCC(O)(CCC2CCCO2)CC1. The fourth-order valence-electron chi connectivity index (χ4n) is 3.27. The number of rotatable bonds is 3. The fourth-order valence-corrected chi connectivity index (χ4v) is 3.27.